The van der Waals surface area contributed by atoms with Gasteiger partial charge in [0.05, 0.1) is 10.6 Å². The first kappa shape index (κ1) is 18.0. The van der Waals surface area contributed by atoms with Gasteiger partial charge in [0.2, 0.25) is 0 Å². The van der Waals surface area contributed by atoms with E-state index in [2.05, 4.69) is 56.1 Å². The van der Waals surface area contributed by atoms with Crippen LogP contribution in [-0.4, -0.2) is 17.3 Å². The van der Waals surface area contributed by atoms with Crippen LogP contribution in [0.1, 0.15) is 19.4 Å². The quantitative estimate of drug-likeness (QED) is 0.515. The van der Waals surface area contributed by atoms with Crippen molar-refractivity contribution in [3.05, 3.63) is 82.9 Å². The SMILES string of the molecule is CN1/C(=C/C=C2/SC(=S)N(c3ccccc3)C2=O)C(C)(C)c2ccccc21. The third kappa shape index (κ3) is 2.91. The van der Waals surface area contributed by atoms with Crippen LogP contribution in [0, 0.1) is 0 Å². The Hall–Kier alpha value is -2.37. The summed E-state index contributed by atoms with van der Waals surface area (Å²) in [5.41, 5.74) is 4.35. The minimum Gasteiger partial charge on any atom is -0.347 e. The number of para-hydroxylation sites is 2. The van der Waals surface area contributed by atoms with Crippen molar-refractivity contribution >= 4 is 45.6 Å². The average molecular weight is 393 g/mol. The van der Waals surface area contributed by atoms with Gasteiger partial charge in [0, 0.05) is 23.8 Å². The lowest BCUT2D eigenvalue weighted by atomic mass is 9.84. The molecular weight excluding hydrogens is 372 g/mol. The van der Waals surface area contributed by atoms with E-state index in [-0.39, 0.29) is 11.3 Å². The van der Waals surface area contributed by atoms with Gasteiger partial charge in [-0.1, -0.05) is 74.2 Å². The second-order valence-electron chi connectivity index (χ2n) is 7.13. The largest absolute Gasteiger partial charge is 0.347 e. The highest BCUT2D eigenvalue weighted by Crippen LogP contribution is 2.47. The van der Waals surface area contributed by atoms with Gasteiger partial charge in [-0.05, 0) is 35.9 Å². The van der Waals surface area contributed by atoms with Gasteiger partial charge in [-0.2, -0.15) is 0 Å². The molecule has 0 bridgehead atoms. The highest BCUT2D eigenvalue weighted by molar-refractivity contribution is 8.27. The molecule has 0 unspecified atom stereocenters. The van der Waals surface area contributed by atoms with Gasteiger partial charge < -0.3 is 4.90 Å². The molecule has 5 heteroatoms. The zero-order valence-corrected chi connectivity index (χ0v) is 17.1. The highest BCUT2D eigenvalue weighted by Gasteiger charge is 2.38. The number of carbonyl (C=O) groups excluding carboxylic acids is 1. The third-order valence-electron chi connectivity index (χ3n) is 5.14. The number of likely N-dealkylation sites (N-methyl/N-ethyl adjacent to an activating group) is 1. The lowest BCUT2D eigenvalue weighted by Gasteiger charge is -2.23. The van der Waals surface area contributed by atoms with Crippen molar-refractivity contribution in [1.82, 2.24) is 0 Å². The van der Waals surface area contributed by atoms with Crippen LogP contribution in [0.4, 0.5) is 11.4 Å². The summed E-state index contributed by atoms with van der Waals surface area (Å²) < 4.78 is 0.568. The molecule has 0 saturated carbocycles. The number of thiocarbonyl (C=S) groups is 1. The molecule has 2 aliphatic rings. The zero-order valence-electron chi connectivity index (χ0n) is 15.5. The molecule has 0 spiro atoms. The Morgan fingerprint density at radius 2 is 1.67 bits per heavy atom. The molecule has 0 N–H and O–H groups in total. The third-order valence-corrected chi connectivity index (χ3v) is 6.46. The molecule has 136 valence electrons. The zero-order chi connectivity index (χ0) is 19.2. The van der Waals surface area contributed by atoms with Crippen molar-refractivity contribution in [2.75, 3.05) is 16.8 Å². The molecule has 2 heterocycles. The number of carbonyl (C=O) groups is 1. The van der Waals surface area contributed by atoms with Crippen LogP contribution in [0.25, 0.3) is 0 Å². The van der Waals surface area contributed by atoms with E-state index in [1.54, 1.807) is 4.90 Å². The van der Waals surface area contributed by atoms with E-state index in [1.807, 2.05) is 36.4 Å². The Kier molecular flexibility index (Phi) is 4.44. The molecule has 1 saturated heterocycles. The Labute approximate surface area is 169 Å². The summed E-state index contributed by atoms with van der Waals surface area (Å²) in [6, 6.07) is 18.0. The topological polar surface area (TPSA) is 23.6 Å². The summed E-state index contributed by atoms with van der Waals surface area (Å²) in [5, 5.41) is 0. The number of hydrogen-bond acceptors (Lipinski definition) is 4. The minimum atomic E-state index is -0.117. The van der Waals surface area contributed by atoms with Gasteiger partial charge in [-0.15, -0.1) is 0 Å². The molecule has 1 fully saturated rings. The summed E-state index contributed by atoms with van der Waals surface area (Å²) in [5.74, 6) is -0.0657. The molecule has 2 aliphatic heterocycles. The first-order valence-electron chi connectivity index (χ1n) is 8.78. The predicted molar refractivity (Wildman–Crippen MR) is 118 cm³/mol. The Morgan fingerprint density at radius 1 is 1.00 bits per heavy atom. The van der Waals surface area contributed by atoms with Crippen LogP contribution in [0.15, 0.2) is 77.4 Å². The number of anilines is 2. The molecule has 2 aromatic rings. The molecule has 0 radical (unpaired) electrons. The number of allylic oxidation sites excluding steroid dienone is 3. The minimum absolute atomic E-state index is 0.0657. The first-order valence-corrected chi connectivity index (χ1v) is 10.0. The van der Waals surface area contributed by atoms with Gasteiger partial charge >= 0.3 is 0 Å². The molecule has 0 aliphatic carbocycles. The Balaban J connectivity index is 1.67. The number of hydrogen-bond donors (Lipinski definition) is 0. The smallest absolute Gasteiger partial charge is 0.270 e. The lowest BCUT2D eigenvalue weighted by Crippen LogP contribution is -2.27. The summed E-state index contributed by atoms with van der Waals surface area (Å²) in [4.78, 5) is 17.3. The van der Waals surface area contributed by atoms with E-state index in [4.69, 9.17) is 12.2 Å². The van der Waals surface area contributed by atoms with Crippen LogP contribution in [0.2, 0.25) is 0 Å². The van der Waals surface area contributed by atoms with E-state index in [1.165, 1.54) is 23.0 Å². The second kappa shape index (κ2) is 6.66. The number of fused-ring (bicyclic) bond motifs is 1. The summed E-state index contributed by atoms with van der Waals surface area (Å²) in [6.07, 6.45) is 3.96. The average Bonchev–Trinajstić information content (AvgIpc) is 3.05. The molecule has 2 aromatic carbocycles. The second-order valence-corrected chi connectivity index (χ2v) is 8.80. The van der Waals surface area contributed by atoms with E-state index in [9.17, 15) is 4.79 Å². The molecule has 4 rings (SSSR count). The summed E-state index contributed by atoms with van der Waals surface area (Å²) in [7, 11) is 2.07. The Bertz CT molecular complexity index is 992. The normalized spacial score (nSPS) is 21.4. The highest BCUT2D eigenvalue weighted by atomic mass is 32.2. The van der Waals surface area contributed by atoms with Crippen molar-refractivity contribution in [1.29, 1.82) is 0 Å². The summed E-state index contributed by atoms with van der Waals surface area (Å²) in [6.45, 7) is 4.42. The molecule has 1 amide bonds. The van der Waals surface area contributed by atoms with Crippen LogP contribution in [0.5, 0.6) is 0 Å². The maximum atomic E-state index is 12.9. The van der Waals surface area contributed by atoms with Crippen molar-refractivity contribution in [2.45, 2.75) is 19.3 Å². The van der Waals surface area contributed by atoms with Gasteiger partial charge in [0.25, 0.3) is 5.91 Å². The number of amides is 1. The van der Waals surface area contributed by atoms with Crippen LogP contribution >= 0.6 is 24.0 Å². The van der Waals surface area contributed by atoms with Crippen molar-refractivity contribution in [3.63, 3.8) is 0 Å². The number of rotatable bonds is 2. The van der Waals surface area contributed by atoms with E-state index < -0.39 is 0 Å². The van der Waals surface area contributed by atoms with Gasteiger partial charge in [-0.25, -0.2) is 0 Å². The van der Waals surface area contributed by atoms with Crippen LogP contribution < -0.4 is 9.80 Å². The number of thioether (sulfide) groups is 1. The first-order chi connectivity index (χ1) is 12.9. The maximum Gasteiger partial charge on any atom is 0.270 e. The monoisotopic (exact) mass is 392 g/mol. The number of benzene rings is 2. The molecule has 3 nitrogen and oxygen atoms in total. The lowest BCUT2D eigenvalue weighted by molar-refractivity contribution is -0.113. The molecular formula is C22H20N2OS2. The predicted octanol–water partition coefficient (Wildman–Crippen LogP) is 5.25. The molecule has 0 atom stereocenters. The van der Waals surface area contributed by atoms with Crippen molar-refractivity contribution in [3.8, 4) is 0 Å². The summed E-state index contributed by atoms with van der Waals surface area (Å²) >= 11 is 6.80. The maximum absolute atomic E-state index is 12.9. The van der Waals surface area contributed by atoms with E-state index in [0.29, 0.717) is 9.23 Å². The Morgan fingerprint density at radius 3 is 2.37 bits per heavy atom. The molecule has 0 aromatic heterocycles. The van der Waals surface area contributed by atoms with Gasteiger partial charge in [0.15, 0.2) is 4.32 Å². The standard InChI is InChI=1S/C22H20N2OS2/c1-22(2)16-11-7-8-12-17(16)23(3)19(22)14-13-18-20(25)24(21(26)27-18)15-9-5-4-6-10-15/h4-14H,1-3H3/b18-13+,19-14+. The van der Waals surface area contributed by atoms with Crippen molar-refractivity contribution in [2.24, 2.45) is 0 Å². The fraction of sp³-hybridized carbons (Fsp3) is 0.182. The van der Waals surface area contributed by atoms with Crippen LogP contribution in [-0.2, 0) is 10.2 Å². The van der Waals surface area contributed by atoms with Crippen molar-refractivity contribution < 1.29 is 4.79 Å². The fourth-order valence-corrected chi connectivity index (χ4v) is 4.98. The van der Waals surface area contributed by atoms with Gasteiger partial charge in [0.1, 0.15) is 0 Å². The molecule has 27 heavy (non-hydrogen) atoms. The van der Waals surface area contributed by atoms with E-state index >= 15 is 0 Å². The number of nitrogens with zero attached hydrogens (tertiary/aromatic N) is 2. The fourth-order valence-electron chi connectivity index (χ4n) is 3.74. The van der Waals surface area contributed by atoms with Crippen LogP contribution in [0.3, 0.4) is 0 Å². The van der Waals surface area contributed by atoms with E-state index in [0.717, 1.165) is 11.4 Å². The van der Waals surface area contributed by atoms with Gasteiger partial charge in [-0.3, -0.25) is 9.69 Å².